The van der Waals surface area contributed by atoms with Gasteiger partial charge in [-0.05, 0) is 45.4 Å². The second kappa shape index (κ2) is 6.79. The zero-order valence-electron chi connectivity index (χ0n) is 12.6. The van der Waals surface area contributed by atoms with Crippen molar-refractivity contribution in [3.63, 3.8) is 0 Å². The first-order valence-electron chi connectivity index (χ1n) is 7.58. The molecule has 1 aliphatic carbocycles. The van der Waals surface area contributed by atoms with Crippen LogP contribution in [0.2, 0.25) is 0 Å². The Labute approximate surface area is 126 Å². The summed E-state index contributed by atoms with van der Waals surface area (Å²) in [4.78, 5) is 11.7. The molecule has 0 aromatic rings. The lowest BCUT2D eigenvalue weighted by molar-refractivity contribution is 0.228. The van der Waals surface area contributed by atoms with E-state index in [1.165, 1.54) is 18.4 Å². The zero-order valence-corrected chi connectivity index (χ0v) is 13.4. The molecule has 1 saturated heterocycles. The van der Waals surface area contributed by atoms with Crippen LogP contribution in [0.1, 0.15) is 45.4 Å². The molecule has 0 radical (unpaired) electrons. The van der Waals surface area contributed by atoms with Crippen molar-refractivity contribution < 1.29 is 13.2 Å². The first-order valence-corrected chi connectivity index (χ1v) is 9.40. The molecule has 120 valence electrons. The minimum absolute atomic E-state index is 0.0627. The zero-order chi connectivity index (χ0) is 15.3. The predicted octanol–water partition coefficient (Wildman–Crippen LogP) is 1.26. The van der Waals surface area contributed by atoms with Crippen LogP contribution < -0.4 is 16.2 Å². The fourth-order valence-electron chi connectivity index (χ4n) is 2.83. The first kappa shape index (κ1) is 16.3. The molecular formula is C14H25N3O3S. The van der Waals surface area contributed by atoms with Crippen LogP contribution in [0.25, 0.3) is 0 Å². The van der Waals surface area contributed by atoms with Crippen LogP contribution in [-0.2, 0) is 9.84 Å². The van der Waals surface area contributed by atoms with E-state index in [1.54, 1.807) is 0 Å². The molecule has 2 rings (SSSR count). The highest BCUT2D eigenvalue weighted by Gasteiger charge is 2.38. The van der Waals surface area contributed by atoms with Crippen molar-refractivity contribution in [2.75, 3.05) is 18.1 Å². The number of allylic oxidation sites excluding steroid dienone is 1. The minimum atomic E-state index is -2.97. The van der Waals surface area contributed by atoms with E-state index < -0.39 is 15.4 Å². The number of hydrogen-bond acceptors (Lipinski definition) is 4. The summed E-state index contributed by atoms with van der Waals surface area (Å²) in [6, 6.07) is -0.308. The molecule has 1 fully saturated rings. The van der Waals surface area contributed by atoms with Crippen LogP contribution in [-0.4, -0.2) is 38.0 Å². The van der Waals surface area contributed by atoms with Crippen LogP contribution in [0.3, 0.4) is 0 Å². The summed E-state index contributed by atoms with van der Waals surface area (Å²) in [5.41, 5.74) is 6.26. The maximum atomic E-state index is 11.7. The lowest BCUT2D eigenvalue weighted by Crippen LogP contribution is -2.55. The molecule has 1 atom stereocenters. The summed E-state index contributed by atoms with van der Waals surface area (Å²) in [7, 11) is -2.97. The third-order valence-electron chi connectivity index (χ3n) is 4.10. The summed E-state index contributed by atoms with van der Waals surface area (Å²) >= 11 is 0. The molecule has 2 aliphatic rings. The number of hydrogen-bond donors (Lipinski definition) is 3. The smallest absolute Gasteiger partial charge is 0.329 e. The summed E-state index contributed by atoms with van der Waals surface area (Å²) in [6.07, 6.45) is 8.47. The Bertz CT molecular complexity index is 516. The van der Waals surface area contributed by atoms with E-state index in [4.69, 9.17) is 0 Å². The highest BCUT2D eigenvalue weighted by atomic mass is 32.2. The maximum Gasteiger partial charge on any atom is 0.329 e. The second-order valence-corrected chi connectivity index (χ2v) is 8.45. The van der Waals surface area contributed by atoms with Gasteiger partial charge in [-0.15, -0.1) is 0 Å². The van der Waals surface area contributed by atoms with Crippen molar-refractivity contribution in [3.05, 3.63) is 11.6 Å². The Hall–Kier alpha value is -1.08. The molecule has 0 spiro atoms. The van der Waals surface area contributed by atoms with Crippen molar-refractivity contribution in [1.29, 1.82) is 0 Å². The molecule has 0 bridgehead atoms. The molecule has 0 saturated carbocycles. The van der Waals surface area contributed by atoms with E-state index in [9.17, 15) is 13.2 Å². The minimum Gasteiger partial charge on any atom is -0.337 e. The number of hydrazine groups is 1. The van der Waals surface area contributed by atoms with Gasteiger partial charge in [0.15, 0.2) is 9.84 Å². The molecule has 6 nitrogen and oxygen atoms in total. The van der Waals surface area contributed by atoms with E-state index in [1.807, 2.05) is 6.92 Å². The lowest BCUT2D eigenvalue weighted by atomic mass is 9.97. The molecule has 7 heteroatoms. The number of urea groups is 1. The van der Waals surface area contributed by atoms with Gasteiger partial charge >= 0.3 is 6.03 Å². The van der Waals surface area contributed by atoms with Gasteiger partial charge in [-0.3, -0.25) is 5.43 Å². The van der Waals surface area contributed by atoms with Crippen LogP contribution in [0.5, 0.6) is 0 Å². The number of rotatable bonds is 5. The van der Waals surface area contributed by atoms with Crippen molar-refractivity contribution in [2.24, 2.45) is 0 Å². The first-order chi connectivity index (χ1) is 9.89. The highest BCUT2D eigenvalue weighted by molar-refractivity contribution is 7.91. The quantitative estimate of drug-likeness (QED) is 0.526. The Morgan fingerprint density at radius 1 is 1.38 bits per heavy atom. The van der Waals surface area contributed by atoms with Crippen LogP contribution in [0, 0.1) is 0 Å². The van der Waals surface area contributed by atoms with Gasteiger partial charge in [-0.25, -0.2) is 18.6 Å². The molecule has 0 aromatic heterocycles. The summed E-state index contributed by atoms with van der Waals surface area (Å²) in [6.45, 7) is 2.42. The van der Waals surface area contributed by atoms with Gasteiger partial charge in [0.25, 0.3) is 0 Å². The molecular weight excluding hydrogens is 290 g/mol. The summed E-state index contributed by atoms with van der Waals surface area (Å²) in [5, 5.41) is 2.79. The molecule has 0 unspecified atom stereocenters. The number of amides is 2. The number of sulfone groups is 1. The Morgan fingerprint density at radius 2 is 2.19 bits per heavy atom. The van der Waals surface area contributed by atoms with Gasteiger partial charge in [0.1, 0.15) is 0 Å². The largest absolute Gasteiger partial charge is 0.337 e. The fraction of sp³-hybridized carbons (Fsp3) is 0.786. The van der Waals surface area contributed by atoms with Gasteiger partial charge in [0.05, 0.1) is 11.5 Å². The van der Waals surface area contributed by atoms with Crippen LogP contribution >= 0.6 is 0 Å². The molecule has 2 amide bonds. The Morgan fingerprint density at radius 3 is 2.81 bits per heavy atom. The van der Waals surface area contributed by atoms with Crippen molar-refractivity contribution >= 4 is 15.9 Å². The fourth-order valence-corrected chi connectivity index (χ4v) is 4.92. The standard InChI is InChI=1S/C14H25N3O3S/c1-14(8-10-21(19,20)11-14)17-16-13(18)15-9-7-12-5-3-2-4-6-12/h5,17H,2-4,6-11H2,1H3,(H2,15,16,18)/t14-/m0/s1. The molecule has 21 heavy (non-hydrogen) atoms. The average Bonchev–Trinajstić information content (AvgIpc) is 2.72. The normalized spacial score (nSPS) is 28.0. The summed E-state index contributed by atoms with van der Waals surface area (Å²) < 4.78 is 22.9. The van der Waals surface area contributed by atoms with E-state index in [0.29, 0.717) is 13.0 Å². The molecule has 1 heterocycles. The second-order valence-electron chi connectivity index (χ2n) is 6.27. The molecule has 1 aliphatic heterocycles. The third-order valence-corrected chi connectivity index (χ3v) is 6.00. The summed E-state index contributed by atoms with van der Waals surface area (Å²) in [5.74, 6) is 0.237. The van der Waals surface area contributed by atoms with E-state index >= 15 is 0 Å². The molecule has 0 aromatic carbocycles. The van der Waals surface area contributed by atoms with Crippen molar-refractivity contribution in [1.82, 2.24) is 16.2 Å². The van der Waals surface area contributed by atoms with Crippen LogP contribution in [0.4, 0.5) is 4.79 Å². The lowest BCUT2D eigenvalue weighted by Gasteiger charge is -2.24. The topological polar surface area (TPSA) is 87.3 Å². The van der Waals surface area contributed by atoms with Gasteiger partial charge in [0.2, 0.25) is 0 Å². The van der Waals surface area contributed by atoms with Gasteiger partial charge < -0.3 is 5.32 Å². The number of nitrogens with one attached hydrogen (secondary N) is 3. The SMILES string of the molecule is C[C@]1(NNC(=O)NCCC2=CCCCC2)CCS(=O)(=O)C1. The number of carbonyl (C=O) groups excluding carboxylic acids is 1. The third kappa shape index (κ3) is 5.32. The Balaban J connectivity index is 1.65. The van der Waals surface area contributed by atoms with E-state index in [-0.39, 0.29) is 17.5 Å². The van der Waals surface area contributed by atoms with Crippen molar-refractivity contribution in [2.45, 2.75) is 51.0 Å². The number of carbonyl (C=O) groups is 1. The maximum absolute atomic E-state index is 11.7. The molecule has 3 N–H and O–H groups in total. The predicted molar refractivity (Wildman–Crippen MR) is 82.5 cm³/mol. The monoisotopic (exact) mass is 315 g/mol. The van der Waals surface area contributed by atoms with Gasteiger partial charge in [0, 0.05) is 12.1 Å². The average molecular weight is 315 g/mol. The van der Waals surface area contributed by atoms with Gasteiger partial charge in [-0.2, -0.15) is 0 Å². The van der Waals surface area contributed by atoms with E-state index in [0.717, 1.165) is 19.3 Å². The van der Waals surface area contributed by atoms with E-state index in [2.05, 4.69) is 22.2 Å². The highest BCUT2D eigenvalue weighted by Crippen LogP contribution is 2.22. The van der Waals surface area contributed by atoms with Crippen molar-refractivity contribution in [3.8, 4) is 0 Å². The Kier molecular flexibility index (Phi) is 5.27. The van der Waals surface area contributed by atoms with Crippen LogP contribution in [0.15, 0.2) is 11.6 Å². The van der Waals surface area contributed by atoms with Gasteiger partial charge in [-0.1, -0.05) is 11.6 Å².